The van der Waals surface area contributed by atoms with Crippen molar-refractivity contribution in [3.63, 3.8) is 0 Å². The lowest BCUT2D eigenvalue weighted by Crippen LogP contribution is -2.15. The van der Waals surface area contributed by atoms with E-state index in [9.17, 15) is 26.7 Å². The number of halogens is 5. The van der Waals surface area contributed by atoms with Crippen molar-refractivity contribution < 1.29 is 31.5 Å². The third-order valence-corrected chi connectivity index (χ3v) is 3.74. The quantitative estimate of drug-likeness (QED) is 0.226. The highest BCUT2D eigenvalue weighted by molar-refractivity contribution is 5.97. The molecule has 4 nitrogen and oxygen atoms in total. The van der Waals surface area contributed by atoms with Crippen LogP contribution in [-0.2, 0) is 6.54 Å². The fraction of sp³-hybridized carbons (Fsp3) is 0.0526. The van der Waals surface area contributed by atoms with E-state index in [1.165, 1.54) is 18.2 Å². The fourth-order valence-corrected chi connectivity index (χ4v) is 2.34. The topological polar surface area (TPSA) is 51.2 Å². The third-order valence-electron chi connectivity index (χ3n) is 3.74. The van der Waals surface area contributed by atoms with Gasteiger partial charge in [0.2, 0.25) is 34.8 Å². The molecule has 0 aliphatic carbocycles. The monoisotopic (exact) mass is 394 g/mol. The second-order valence-electron chi connectivity index (χ2n) is 5.54. The number of esters is 1. The number of para-hydroxylation sites is 1. The molecule has 0 radical (unpaired) electrons. The number of carbonyl (C=O) groups excluding carboxylic acids is 1. The van der Waals surface area contributed by atoms with Crippen molar-refractivity contribution in [2.24, 2.45) is 0 Å². The van der Waals surface area contributed by atoms with Crippen LogP contribution in [0.4, 0.5) is 27.6 Å². The van der Waals surface area contributed by atoms with Crippen LogP contribution in [0.2, 0.25) is 0 Å². The van der Waals surface area contributed by atoms with Gasteiger partial charge in [-0.2, -0.15) is 8.78 Å². The number of nitrogens with zero attached hydrogens (tertiary/aromatic N) is 1. The molecule has 0 aliphatic heterocycles. The molecule has 0 amide bonds. The van der Waals surface area contributed by atoms with E-state index in [2.05, 4.69) is 15.0 Å². The van der Waals surface area contributed by atoms with Crippen LogP contribution in [0.3, 0.4) is 0 Å². The van der Waals surface area contributed by atoms with Crippen LogP contribution in [-0.4, -0.2) is 11.0 Å². The average molecular weight is 394 g/mol. The van der Waals surface area contributed by atoms with Gasteiger partial charge in [0.15, 0.2) is 0 Å². The van der Waals surface area contributed by atoms with Crippen molar-refractivity contribution in [2.45, 2.75) is 6.54 Å². The number of hydrogen-bond acceptors (Lipinski definition) is 4. The predicted octanol–water partition coefficient (Wildman–Crippen LogP) is 4.61. The molecule has 0 atom stereocenters. The highest BCUT2D eigenvalue weighted by atomic mass is 19.2. The van der Waals surface area contributed by atoms with Crippen molar-refractivity contribution >= 4 is 11.7 Å². The van der Waals surface area contributed by atoms with Gasteiger partial charge in [-0.05, 0) is 29.8 Å². The molecule has 28 heavy (non-hydrogen) atoms. The first-order chi connectivity index (χ1) is 13.4. The Labute approximate surface area is 155 Å². The molecular weight excluding hydrogens is 383 g/mol. The van der Waals surface area contributed by atoms with Crippen molar-refractivity contribution in [1.29, 1.82) is 0 Å². The van der Waals surface area contributed by atoms with Gasteiger partial charge < -0.3 is 10.1 Å². The predicted molar refractivity (Wildman–Crippen MR) is 89.2 cm³/mol. The van der Waals surface area contributed by atoms with Crippen molar-refractivity contribution in [1.82, 2.24) is 4.98 Å². The second-order valence-corrected chi connectivity index (χ2v) is 5.54. The van der Waals surface area contributed by atoms with Crippen molar-refractivity contribution in [3.05, 3.63) is 89.0 Å². The number of aromatic nitrogens is 1. The number of carbonyl (C=O) groups is 1. The molecule has 0 bridgehead atoms. The standard InChI is InChI=1S/C19H11F5N2O2/c20-13-14(21)16(23)18(17(24)15(13)22)28-19(27)11-3-1-2-4-12(11)26-9-10-5-7-25-8-6-10/h1-8,26H,9H2. The van der Waals surface area contributed by atoms with Gasteiger partial charge >= 0.3 is 5.97 Å². The molecule has 0 aliphatic rings. The average Bonchev–Trinajstić information content (AvgIpc) is 2.73. The Bertz CT molecular complexity index is 999. The summed E-state index contributed by atoms with van der Waals surface area (Å²) in [5.41, 5.74) is 0.923. The smallest absolute Gasteiger partial charge is 0.345 e. The van der Waals surface area contributed by atoms with Gasteiger partial charge in [-0.3, -0.25) is 4.98 Å². The number of ether oxygens (including phenoxy) is 1. The van der Waals surface area contributed by atoms with E-state index in [1.54, 1.807) is 30.6 Å². The molecule has 0 unspecified atom stereocenters. The Morgan fingerprint density at radius 3 is 2.07 bits per heavy atom. The van der Waals surface area contributed by atoms with Crippen LogP contribution in [0.1, 0.15) is 15.9 Å². The molecule has 1 heterocycles. The van der Waals surface area contributed by atoms with Gasteiger partial charge in [-0.1, -0.05) is 12.1 Å². The largest absolute Gasteiger partial charge is 0.416 e. The van der Waals surface area contributed by atoms with Crippen LogP contribution in [0.5, 0.6) is 5.75 Å². The molecule has 0 fully saturated rings. The maximum atomic E-state index is 13.7. The van der Waals surface area contributed by atoms with Gasteiger partial charge in [0, 0.05) is 24.6 Å². The SMILES string of the molecule is O=C(Oc1c(F)c(F)c(F)c(F)c1F)c1ccccc1NCc1ccncc1. The van der Waals surface area contributed by atoms with Crippen LogP contribution < -0.4 is 10.1 Å². The molecule has 3 aromatic rings. The summed E-state index contributed by atoms with van der Waals surface area (Å²) in [5, 5.41) is 2.93. The van der Waals surface area contributed by atoms with Gasteiger partial charge in [-0.25, -0.2) is 18.0 Å². The summed E-state index contributed by atoms with van der Waals surface area (Å²) in [7, 11) is 0. The zero-order chi connectivity index (χ0) is 20.3. The van der Waals surface area contributed by atoms with Gasteiger partial charge in [0.25, 0.3) is 0 Å². The summed E-state index contributed by atoms with van der Waals surface area (Å²) in [6.45, 7) is 0.287. The first kappa shape index (κ1) is 19.3. The van der Waals surface area contributed by atoms with Gasteiger partial charge in [0.05, 0.1) is 5.56 Å². The minimum Gasteiger partial charge on any atom is -0.416 e. The summed E-state index contributed by atoms with van der Waals surface area (Å²) >= 11 is 0. The number of nitrogens with one attached hydrogen (secondary N) is 1. The summed E-state index contributed by atoms with van der Waals surface area (Å²) in [6, 6.07) is 9.27. The Hall–Kier alpha value is -3.49. The molecule has 0 spiro atoms. The van der Waals surface area contributed by atoms with E-state index in [4.69, 9.17) is 0 Å². The third kappa shape index (κ3) is 3.78. The summed E-state index contributed by atoms with van der Waals surface area (Å²) in [4.78, 5) is 16.2. The maximum Gasteiger partial charge on any atom is 0.345 e. The summed E-state index contributed by atoms with van der Waals surface area (Å²) in [6.07, 6.45) is 3.14. The van der Waals surface area contributed by atoms with Crippen LogP contribution in [0.15, 0.2) is 48.8 Å². The number of hydrogen-bond donors (Lipinski definition) is 1. The zero-order valence-corrected chi connectivity index (χ0v) is 14.0. The van der Waals surface area contributed by atoms with Crippen LogP contribution >= 0.6 is 0 Å². The first-order valence-corrected chi connectivity index (χ1v) is 7.85. The highest BCUT2D eigenvalue weighted by Gasteiger charge is 2.29. The lowest BCUT2D eigenvalue weighted by Gasteiger charge is -2.13. The van der Waals surface area contributed by atoms with E-state index in [0.717, 1.165) is 5.56 Å². The normalized spacial score (nSPS) is 10.6. The molecule has 9 heteroatoms. The highest BCUT2D eigenvalue weighted by Crippen LogP contribution is 2.30. The number of benzene rings is 2. The first-order valence-electron chi connectivity index (χ1n) is 7.85. The fourth-order valence-electron chi connectivity index (χ4n) is 2.34. The Balaban J connectivity index is 1.86. The molecule has 144 valence electrons. The van der Waals surface area contributed by atoms with E-state index >= 15 is 0 Å². The summed E-state index contributed by atoms with van der Waals surface area (Å²) < 4.78 is 71.6. The Morgan fingerprint density at radius 1 is 0.857 bits per heavy atom. The Kier molecular flexibility index (Phi) is 5.53. The number of pyridine rings is 1. The lowest BCUT2D eigenvalue weighted by atomic mass is 10.1. The molecule has 0 saturated heterocycles. The van der Waals surface area contributed by atoms with Crippen molar-refractivity contribution in [3.8, 4) is 5.75 Å². The number of rotatable bonds is 5. The Morgan fingerprint density at radius 2 is 1.43 bits per heavy atom. The van der Waals surface area contributed by atoms with Crippen LogP contribution in [0, 0.1) is 29.1 Å². The van der Waals surface area contributed by atoms with Crippen LogP contribution in [0.25, 0.3) is 0 Å². The van der Waals surface area contributed by atoms with E-state index < -0.39 is 40.8 Å². The molecule has 1 N–H and O–H groups in total. The molecule has 1 aromatic heterocycles. The molecule has 0 saturated carbocycles. The van der Waals surface area contributed by atoms with Gasteiger partial charge in [0.1, 0.15) is 0 Å². The van der Waals surface area contributed by atoms with Gasteiger partial charge in [-0.15, -0.1) is 0 Å². The number of anilines is 1. The molecule has 3 rings (SSSR count). The minimum absolute atomic E-state index is 0.152. The maximum absolute atomic E-state index is 13.7. The van der Waals surface area contributed by atoms with E-state index in [0.29, 0.717) is 0 Å². The lowest BCUT2D eigenvalue weighted by molar-refractivity contribution is 0.0717. The van der Waals surface area contributed by atoms with Crippen molar-refractivity contribution in [2.75, 3.05) is 5.32 Å². The van der Waals surface area contributed by atoms with E-state index in [1.807, 2.05) is 0 Å². The second kappa shape index (κ2) is 8.03. The zero-order valence-electron chi connectivity index (χ0n) is 14.0. The summed E-state index contributed by atoms with van der Waals surface area (Å²) in [5.74, 6) is -14.2. The minimum atomic E-state index is -2.34. The van der Waals surface area contributed by atoms with E-state index in [-0.39, 0.29) is 17.8 Å². The molecular formula is C19H11F5N2O2. The molecule has 2 aromatic carbocycles.